The zero-order chi connectivity index (χ0) is 10.5. The second-order valence-electron chi connectivity index (χ2n) is 4.21. The highest BCUT2D eigenvalue weighted by Crippen LogP contribution is 2.30. The molecule has 2 rings (SSSR count). The monoisotopic (exact) mass is 228 g/mol. The van der Waals surface area contributed by atoms with Crippen LogP contribution >= 0.6 is 11.6 Å². The molecule has 0 atom stereocenters. The summed E-state index contributed by atoms with van der Waals surface area (Å²) in [5.41, 5.74) is 0. The predicted molar refractivity (Wildman–Crippen MR) is 58.9 cm³/mol. The van der Waals surface area contributed by atoms with Crippen LogP contribution in [0.25, 0.3) is 0 Å². The quantitative estimate of drug-likeness (QED) is 0.726. The number of nitrogens with zero attached hydrogens (tertiary/aromatic N) is 2. The Morgan fingerprint density at radius 2 is 1.73 bits per heavy atom. The first-order valence-electron chi connectivity index (χ1n) is 5.78. The van der Waals surface area contributed by atoms with Gasteiger partial charge in [0.1, 0.15) is 5.88 Å². The fourth-order valence-electron chi connectivity index (χ4n) is 2.19. The second-order valence-corrected chi connectivity index (χ2v) is 4.48. The largest absolute Gasteiger partial charge is 0.424 e. The van der Waals surface area contributed by atoms with E-state index in [0.29, 0.717) is 17.7 Å². The SMILES string of the molecule is ClCc1nnc(C2CCCCCCC2)o1. The molecule has 1 fully saturated rings. The van der Waals surface area contributed by atoms with Gasteiger partial charge in [-0.3, -0.25) is 0 Å². The Morgan fingerprint density at radius 3 is 2.33 bits per heavy atom. The molecule has 0 spiro atoms. The van der Waals surface area contributed by atoms with Crippen molar-refractivity contribution in [2.24, 2.45) is 0 Å². The second kappa shape index (κ2) is 5.50. The van der Waals surface area contributed by atoms with Crippen molar-refractivity contribution in [1.29, 1.82) is 0 Å². The Morgan fingerprint density at radius 1 is 1.07 bits per heavy atom. The molecule has 0 bridgehead atoms. The van der Waals surface area contributed by atoms with Crippen LogP contribution in [0.2, 0.25) is 0 Å². The van der Waals surface area contributed by atoms with Gasteiger partial charge in [-0.05, 0) is 12.8 Å². The molecule has 84 valence electrons. The highest BCUT2D eigenvalue weighted by atomic mass is 35.5. The molecule has 1 aromatic rings. The van der Waals surface area contributed by atoms with Crippen molar-refractivity contribution in [2.45, 2.75) is 56.7 Å². The summed E-state index contributed by atoms with van der Waals surface area (Å²) in [5, 5.41) is 8.00. The van der Waals surface area contributed by atoms with Gasteiger partial charge < -0.3 is 4.42 Å². The van der Waals surface area contributed by atoms with E-state index in [1.165, 1.54) is 44.9 Å². The minimum atomic E-state index is 0.319. The lowest BCUT2D eigenvalue weighted by molar-refractivity contribution is 0.367. The lowest BCUT2D eigenvalue weighted by atomic mass is 9.91. The fraction of sp³-hybridized carbons (Fsp3) is 0.818. The smallest absolute Gasteiger partial charge is 0.231 e. The standard InChI is InChI=1S/C11H17ClN2O/c12-8-10-13-14-11(15-10)9-6-4-2-1-3-5-7-9/h9H,1-8H2. The normalized spacial score (nSPS) is 19.8. The molecule has 0 amide bonds. The maximum atomic E-state index is 5.64. The van der Waals surface area contributed by atoms with Gasteiger partial charge in [-0.1, -0.05) is 32.1 Å². The van der Waals surface area contributed by atoms with E-state index < -0.39 is 0 Å². The number of hydrogen-bond acceptors (Lipinski definition) is 3. The average molecular weight is 229 g/mol. The molecule has 15 heavy (non-hydrogen) atoms. The number of hydrogen-bond donors (Lipinski definition) is 0. The van der Waals surface area contributed by atoms with Crippen LogP contribution in [0.3, 0.4) is 0 Å². The summed E-state index contributed by atoms with van der Waals surface area (Å²) >= 11 is 5.64. The summed E-state index contributed by atoms with van der Waals surface area (Å²) in [7, 11) is 0. The Labute approximate surface area is 95.2 Å². The Hall–Kier alpha value is -0.570. The first kappa shape index (κ1) is 10.9. The molecular weight excluding hydrogens is 212 g/mol. The van der Waals surface area contributed by atoms with E-state index in [-0.39, 0.29) is 0 Å². The maximum Gasteiger partial charge on any atom is 0.231 e. The molecule has 0 N–H and O–H groups in total. The average Bonchev–Trinajstić information content (AvgIpc) is 2.65. The molecule has 1 aliphatic rings. The molecule has 1 aromatic heterocycles. The van der Waals surface area contributed by atoms with E-state index in [4.69, 9.17) is 16.0 Å². The van der Waals surface area contributed by atoms with Gasteiger partial charge in [0.15, 0.2) is 0 Å². The Balaban J connectivity index is 2.00. The molecule has 0 unspecified atom stereocenters. The number of rotatable bonds is 2. The molecule has 1 heterocycles. The van der Waals surface area contributed by atoms with Crippen molar-refractivity contribution in [3.05, 3.63) is 11.8 Å². The molecule has 0 aliphatic heterocycles. The Bertz CT molecular complexity index is 293. The van der Waals surface area contributed by atoms with Gasteiger partial charge in [0.05, 0.1) is 0 Å². The van der Waals surface area contributed by atoms with Gasteiger partial charge >= 0.3 is 0 Å². The van der Waals surface area contributed by atoms with Crippen molar-refractivity contribution >= 4 is 11.6 Å². The zero-order valence-electron chi connectivity index (χ0n) is 8.91. The molecule has 1 saturated carbocycles. The number of alkyl halides is 1. The van der Waals surface area contributed by atoms with Crippen LogP contribution in [0.5, 0.6) is 0 Å². The Kier molecular flexibility index (Phi) is 4.01. The van der Waals surface area contributed by atoms with Crippen LogP contribution in [0, 0.1) is 0 Å². The summed E-state index contributed by atoms with van der Waals surface area (Å²) in [5.74, 6) is 2.13. The van der Waals surface area contributed by atoms with Crippen LogP contribution < -0.4 is 0 Å². The third kappa shape index (κ3) is 2.94. The van der Waals surface area contributed by atoms with Crippen molar-refractivity contribution in [2.75, 3.05) is 0 Å². The van der Waals surface area contributed by atoms with Crippen LogP contribution in [0.1, 0.15) is 62.6 Å². The highest BCUT2D eigenvalue weighted by Gasteiger charge is 2.19. The van der Waals surface area contributed by atoms with Gasteiger partial charge in [-0.15, -0.1) is 21.8 Å². The maximum absolute atomic E-state index is 5.64. The summed E-state index contributed by atoms with van der Waals surface area (Å²) < 4.78 is 5.51. The number of aromatic nitrogens is 2. The molecule has 0 aromatic carbocycles. The predicted octanol–water partition coefficient (Wildman–Crippen LogP) is 3.64. The van der Waals surface area contributed by atoms with E-state index in [2.05, 4.69) is 10.2 Å². The van der Waals surface area contributed by atoms with Crippen LogP contribution in [0.4, 0.5) is 0 Å². The molecule has 4 heteroatoms. The van der Waals surface area contributed by atoms with Crippen LogP contribution in [-0.2, 0) is 5.88 Å². The van der Waals surface area contributed by atoms with Gasteiger partial charge in [0.25, 0.3) is 0 Å². The van der Waals surface area contributed by atoms with E-state index >= 15 is 0 Å². The summed E-state index contributed by atoms with van der Waals surface area (Å²) in [6, 6.07) is 0. The molecule has 0 saturated heterocycles. The van der Waals surface area contributed by atoms with Crippen LogP contribution in [-0.4, -0.2) is 10.2 Å². The zero-order valence-corrected chi connectivity index (χ0v) is 9.67. The summed E-state index contributed by atoms with van der Waals surface area (Å²) in [6.45, 7) is 0. The first-order chi connectivity index (χ1) is 7.40. The van der Waals surface area contributed by atoms with E-state index in [1.807, 2.05) is 0 Å². The van der Waals surface area contributed by atoms with Gasteiger partial charge in [-0.2, -0.15) is 0 Å². The third-order valence-electron chi connectivity index (χ3n) is 3.05. The van der Waals surface area contributed by atoms with E-state index in [0.717, 1.165) is 5.89 Å². The molecular formula is C11H17ClN2O. The number of halogens is 1. The third-order valence-corrected chi connectivity index (χ3v) is 3.28. The van der Waals surface area contributed by atoms with Crippen molar-refractivity contribution in [1.82, 2.24) is 10.2 Å². The fourth-order valence-corrected chi connectivity index (χ4v) is 2.30. The van der Waals surface area contributed by atoms with Gasteiger partial charge in [0, 0.05) is 5.92 Å². The van der Waals surface area contributed by atoms with Crippen LogP contribution in [0.15, 0.2) is 4.42 Å². The van der Waals surface area contributed by atoms with E-state index in [9.17, 15) is 0 Å². The minimum Gasteiger partial charge on any atom is -0.424 e. The van der Waals surface area contributed by atoms with Crippen molar-refractivity contribution in [3.63, 3.8) is 0 Å². The first-order valence-corrected chi connectivity index (χ1v) is 6.32. The van der Waals surface area contributed by atoms with Gasteiger partial charge in [0.2, 0.25) is 11.8 Å². The molecule has 3 nitrogen and oxygen atoms in total. The lowest BCUT2D eigenvalue weighted by Gasteiger charge is -2.15. The lowest BCUT2D eigenvalue weighted by Crippen LogP contribution is -2.02. The van der Waals surface area contributed by atoms with Crippen molar-refractivity contribution < 1.29 is 4.42 Å². The van der Waals surface area contributed by atoms with Gasteiger partial charge in [-0.25, -0.2) is 0 Å². The highest BCUT2D eigenvalue weighted by molar-refractivity contribution is 6.16. The topological polar surface area (TPSA) is 38.9 Å². The molecule has 1 aliphatic carbocycles. The summed E-state index contributed by atoms with van der Waals surface area (Å²) in [4.78, 5) is 0. The van der Waals surface area contributed by atoms with E-state index in [1.54, 1.807) is 0 Å². The minimum absolute atomic E-state index is 0.319. The van der Waals surface area contributed by atoms with Crippen molar-refractivity contribution in [3.8, 4) is 0 Å². The molecule has 0 radical (unpaired) electrons. The summed E-state index contributed by atoms with van der Waals surface area (Å²) in [6.07, 6.45) is 8.99.